The number of nitrogens with zero attached hydrogens (tertiary/aromatic N) is 3. The molecule has 8 nitrogen and oxygen atoms in total. The van der Waals surface area contributed by atoms with Crippen molar-refractivity contribution in [3.8, 4) is 5.88 Å². The van der Waals surface area contributed by atoms with Crippen molar-refractivity contribution < 1.29 is 17.9 Å². The number of anilines is 1. The van der Waals surface area contributed by atoms with E-state index in [1.807, 2.05) is 11.4 Å². The Labute approximate surface area is 172 Å². The molecule has 0 saturated carbocycles. The zero-order valence-corrected chi connectivity index (χ0v) is 17.2. The molecule has 1 fully saturated rings. The topological polar surface area (TPSA) is 101 Å². The summed E-state index contributed by atoms with van der Waals surface area (Å²) in [6, 6.07) is 8.03. The van der Waals surface area contributed by atoms with Crippen LogP contribution in [0.3, 0.4) is 0 Å². The summed E-state index contributed by atoms with van der Waals surface area (Å²) in [7, 11) is -3.49. The molecule has 3 aromatic rings. The first-order chi connectivity index (χ1) is 14.0. The van der Waals surface area contributed by atoms with Gasteiger partial charge in [0.2, 0.25) is 15.9 Å². The van der Waals surface area contributed by atoms with Crippen molar-refractivity contribution in [2.45, 2.75) is 24.2 Å². The van der Waals surface area contributed by atoms with Crippen molar-refractivity contribution in [3.63, 3.8) is 0 Å². The Hall–Kier alpha value is -2.56. The average molecular weight is 433 g/mol. The largest absolute Gasteiger partial charge is 0.467 e. The number of sulfonamides is 1. The Morgan fingerprint density at radius 3 is 2.62 bits per heavy atom. The van der Waals surface area contributed by atoms with Crippen LogP contribution in [0.4, 0.5) is 5.69 Å². The third kappa shape index (κ3) is 4.39. The lowest BCUT2D eigenvalue weighted by atomic mass is 10.2. The molecule has 0 atom stereocenters. The molecule has 2 aromatic heterocycles. The van der Waals surface area contributed by atoms with Gasteiger partial charge >= 0.3 is 0 Å². The van der Waals surface area contributed by atoms with Crippen LogP contribution in [-0.2, 0) is 14.8 Å². The lowest BCUT2D eigenvalue weighted by molar-refractivity contribution is -0.118. The van der Waals surface area contributed by atoms with E-state index in [1.54, 1.807) is 12.1 Å². The lowest BCUT2D eigenvalue weighted by Gasteiger charge is -2.25. The van der Waals surface area contributed by atoms with Gasteiger partial charge in [0.15, 0.2) is 6.61 Å². The van der Waals surface area contributed by atoms with E-state index in [1.165, 1.54) is 34.1 Å². The Bertz CT molecular complexity index is 1110. The molecule has 3 heterocycles. The Balaban J connectivity index is 1.37. The number of rotatable bonds is 6. The number of amides is 1. The summed E-state index contributed by atoms with van der Waals surface area (Å²) in [5.41, 5.74) is 0.500. The Morgan fingerprint density at radius 1 is 1.10 bits per heavy atom. The van der Waals surface area contributed by atoms with Gasteiger partial charge in [-0.05, 0) is 48.6 Å². The molecular weight excluding hydrogens is 412 g/mol. The number of hydrogen-bond acceptors (Lipinski definition) is 7. The van der Waals surface area contributed by atoms with Crippen LogP contribution >= 0.6 is 11.3 Å². The smallest absolute Gasteiger partial charge is 0.262 e. The van der Waals surface area contributed by atoms with Crippen LogP contribution in [0.2, 0.25) is 0 Å². The first-order valence-electron chi connectivity index (χ1n) is 9.25. The minimum Gasteiger partial charge on any atom is -0.467 e. The third-order valence-electron chi connectivity index (χ3n) is 4.66. The maximum absolute atomic E-state index is 12.7. The third-order valence-corrected chi connectivity index (χ3v) is 7.39. The normalized spacial score (nSPS) is 15.3. The molecule has 4 rings (SSSR count). The molecule has 1 amide bonds. The van der Waals surface area contributed by atoms with E-state index in [4.69, 9.17) is 4.74 Å². The van der Waals surface area contributed by atoms with Crippen LogP contribution < -0.4 is 10.1 Å². The molecule has 1 saturated heterocycles. The number of carbonyl (C=O) groups is 1. The van der Waals surface area contributed by atoms with Crippen LogP contribution in [0.5, 0.6) is 5.88 Å². The maximum Gasteiger partial charge on any atom is 0.262 e. The van der Waals surface area contributed by atoms with Gasteiger partial charge in [-0.1, -0.05) is 6.42 Å². The molecule has 0 bridgehead atoms. The van der Waals surface area contributed by atoms with Gasteiger partial charge in [0.05, 0.1) is 10.3 Å². The summed E-state index contributed by atoms with van der Waals surface area (Å²) >= 11 is 1.47. The maximum atomic E-state index is 12.7. The number of carbonyl (C=O) groups excluding carboxylic acids is 1. The summed E-state index contributed by atoms with van der Waals surface area (Å²) in [5.74, 6) is -0.00648. The second kappa shape index (κ2) is 8.44. The van der Waals surface area contributed by atoms with E-state index >= 15 is 0 Å². The fourth-order valence-electron chi connectivity index (χ4n) is 3.18. The molecule has 0 spiro atoms. The van der Waals surface area contributed by atoms with E-state index in [2.05, 4.69) is 15.3 Å². The summed E-state index contributed by atoms with van der Waals surface area (Å²) < 4.78 is 32.4. The molecule has 0 unspecified atom stereocenters. The molecule has 0 aliphatic carbocycles. The van der Waals surface area contributed by atoms with E-state index < -0.39 is 10.0 Å². The average Bonchev–Trinajstić information content (AvgIpc) is 3.23. The highest BCUT2D eigenvalue weighted by molar-refractivity contribution is 7.89. The molecular formula is C19H20N4O4S2. The highest BCUT2D eigenvalue weighted by atomic mass is 32.2. The minimum atomic E-state index is -3.49. The van der Waals surface area contributed by atoms with E-state index in [9.17, 15) is 13.2 Å². The molecule has 1 aliphatic heterocycles. The zero-order valence-electron chi connectivity index (χ0n) is 15.6. The Kier molecular flexibility index (Phi) is 5.74. The van der Waals surface area contributed by atoms with Crippen LogP contribution in [0.25, 0.3) is 10.2 Å². The molecule has 1 aliphatic rings. The van der Waals surface area contributed by atoms with Crippen molar-refractivity contribution in [1.82, 2.24) is 14.3 Å². The lowest BCUT2D eigenvalue weighted by Crippen LogP contribution is -2.35. The zero-order chi connectivity index (χ0) is 20.3. The second-order valence-electron chi connectivity index (χ2n) is 6.64. The molecule has 1 N–H and O–H groups in total. The number of benzene rings is 1. The first kappa shape index (κ1) is 19.7. The second-order valence-corrected chi connectivity index (χ2v) is 9.48. The number of hydrogen-bond donors (Lipinski definition) is 1. The van der Waals surface area contributed by atoms with Crippen molar-refractivity contribution in [2.24, 2.45) is 0 Å². The summed E-state index contributed by atoms with van der Waals surface area (Å²) in [6.07, 6.45) is 4.23. The van der Waals surface area contributed by atoms with Gasteiger partial charge in [0.25, 0.3) is 5.91 Å². The predicted molar refractivity (Wildman–Crippen MR) is 111 cm³/mol. The van der Waals surface area contributed by atoms with E-state index in [-0.39, 0.29) is 17.4 Å². The van der Waals surface area contributed by atoms with Gasteiger partial charge < -0.3 is 10.1 Å². The fourth-order valence-corrected chi connectivity index (χ4v) is 5.42. The van der Waals surface area contributed by atoms with E-state index in [0.717, 1.165) is 29.5 Å². The van der Waals surface area contributed by atoms with Crippen LogP contribution in [-0.4, -0.2) is 48.3 Å². The molecule has 1 aromatic carbocycles. The van der Waals surface area contributed by atoms with Crippen molar-refractivity contribution >= 4 is 43.2 Å². The SMILES string of the molecule is O=C(COc1ncnc2sccc12)Nc1ccc(S(=O)(=O)N2CCCCC2)cc1. The summed E-state index contributed by atoms with van der Waals surface area (Å²) in [5, 5.41) is 5.34. The van der Waals surface area contributed by atoms with Crippen LogP contribution in [0, 0.1) is 0 Å². The highest BCUT2D eigenvalue weighted by Gasteiger charge is 2.25. The number of aromatic nitrogens is 2. The minimum absolute atomic E-state index is 0.213. The van der Waals surface area contributed by atoms with Gasteiger partial charge in [-0.3, -0.25) is 4.79 Å². The van der Waals surface area contributed by atoms with Gasteiger partial charge in [0, 0.05) is 18.8 Å². The van der Waals surface area contributed by atoms with Gasteiger partial charge in [-0.2, -0.15) is 4.31 Å². The Morgan fingerprint density at radius 2 is 1.86 bits per heavy atom. The highest BCUT2D eigenvalue weighted by Crippen LogP contribution is 2.25. The number of piperidine rings is 1. The number of nitrogens with one attached hydrogen (secondary N) is 1. The fraction of sp³-hybridized carbons (Fsp3) is 0.316. The van der Waals surface area contributed by atoms with Gasteiger partial charge in [-0.15, -0.1) is 11.3 Å². The van der Waals surface area contributed by atoms with Crippen molar-refractivity contribution in [2.75, 3.05) is 25.0 Å². The van der Waals surface area contributed by atoms with Crippen LogP contribution in [0.15, 0.2) is 46.9 Å². The van der Waals surface area contributed by atoms with Crippen molar-refractivity contribution in [1.29, 1.82) is 0 Å². The monoisotopic (exact) mass is 432 g/mol. The predicted octanol–water partition coefficient (Wildman–Crippen LogP) is 2.88. The molecule has 10 heteroatoms. The standard InChI is InChI=1S/C19H20N4O4S2/c24-17(12-27-18-16-8-11-28-19(16)21-13-20-18)22-14-4-6-15(7-5-14)29(25,26)23-9-2-1-3-10-23/h4-8,11,13H,1-3,9-10,12H2,(H,22,24). The summed E-state index contributed by atoms with van der Waals surface area (Å²) in [4.78, 5) is 21.4. The number of fused-ring (bicyclic) bond motifs is 1. The van der Waals surface area contributed by atoms with Crippen molar-refractivity contribution in [3.05, 3.63) is 42.0 Å². The van der Waals surface area contributed by atoms with Gasteiger partial charge in [0.1, 0.15) is 11.2 Å². The number of thiophene rings is 1. The molecule has 152 valence electrons. The summed E-state index contributed by atoms with van der Waals surface area (Å²) in [6.45, 7) is 0.896. The first-order valence-corrected chi connectivity index (χ1v) is 11.6. The quantitative estimate of drug-likeness (QED) is 0.643. The van der Waals surface area contributed by atoms with Crippen LogP contribution in [0.1, 0.15) is 19.3 Å². The number of ether oxygens (including phenoxy) is 1. The van der Waals surface area contributed by atoms with E-state index in [0.29, 0.717) is 24.7 Å². The molecule has 29 heavy (non-hydrogen) atoms. The molecule has 0 radical (unpaired) electrons. The van der Waals surface area contributed by atoms with Gasteiger partial charge in [-0.25, -0.2) is 18.4 Å².